The van der Waals surface area contributed by atoms with Crippen molar-refractivity contribution in [2.75, 3.05) is 6.61 Å². The van der Waals surface area contributed by atoms with E-state index in [9.17, 15) is 4.79 Å². The molecule has 0 N–H and O–H groups in total. The quantitative estimate of drug-likeness (QED) is 0.761. The molecule has 1 saturated heterocycles. The molecule has 4 heteroatoms. The summed E-state index contributed by atoms with van der Waals surface area (Å²) < 4.78 is 5.81. The van der Waals surface area contributed by atoms with E-state index in [2.05, 4.69) is 29.1 Å². The summed E-state index contributed by atoms with van der Waals surface area (Å²) in [6.07, 6.45) is 3.77. The highest BCUT2D eigenvalue weighted by Gasteiger charge is 2.35. The number of rotatable bonds is 5. The maximum absolute atomic E-state index is 12.0. The van der Waals surface area contributed by atoms with Gasteiger partial charge in [-0.2, -0.15) is 0 Å². The van der Waals surface area contributed by atoms with Crippen LogP contribution >= 0.6 is 15.9 Å². The Morgan fingerprint density at radius 3 is 2.75 bits per heavy atom. The number of hydrogen-bond donors (Lipinski definition) is 0. The molecule has 0 unspecified atom stereocenters. The van der Waals surface area contributed by atoms with Crippen LogP contribution in [-0.2, 0) is 11.2 Å². The number of cyclic esters (lactones) is 1. The van der Waals surface area contributed by atoms with Crippen molar-refractivity contribution in [3.8, 4) is 0 Å². The second kappa shape index (κ2) is 6.57. The molecule has 0 aromatic heterocycles. The average Bonchev–Trinajstić information content (AvgIpc) is 2.78. The monoisotopic (exact) mass is 333 g/mol. The number of halogens is 1. The van der Waals surface area contributed by atoms with E-state index in [4.69, 9.17) is 4.74 Å². The van der Waals surface area contributed by atoms with Crippen LogP contribution in [0.15, 0.2) is 65.8 Å². The number of carbonyl (C=O) groups is 1. The number of amides is 1. The minimum atomic E-state index is -0.348. The summed E-state index contributed by atoms with van der Waals surface area (Å²) in [6.45, 7) is 7.89. The van der Waals surface area contributed by atoms with Crippen LogP contribution in [0.1, 0.15) is 5.56 Å². The van der Waals surface area contributed by atoms with E-state index in [1.165, 1.54) is 5.56 Å². The van der Waals surface area contributed by atoms with Gasteiger partial charge in [-0.15, -0.1) is 0 Å². The van der Waals surface area contributed by atoms with Crippen molar-refractivity contribution >= 4 is 22.0 Å². The van der Waals surface area contributed by atoms with E-state index in [0.717, 1.165) is 6.42 Å². The first-order chi connectivity index (χ1) is 9.63. The lowest BCUT2D eigenvalue weighted by Gasteiger charge is -2.23. The Labute approximate surface area is 127 Å². The fourth-order valence-electron chi connectivity index (χ4n) is 2.21. The van der Waals surface area contributed by atoms with Gasteiger partial charge in [-0.3, -0.25) is 4.90 Å². The van der Waals surface area contributed by atoms with Crippen molar-refractivity contribution < 1.29 is 9.53 Å². The number of carbonyl (C=O) groups excluding carboxylic acids is 1. The maximum Gasteiger partial charge on any atom is 0.414 e. The van der Waals surface area contributed by atoms with E-state index in [1.807, 2.05) is 30.3 Å². The normalized spacial score (nSPS) is 18.9. The summed E-state index contributed by atoms with van der Waals surface area (Å²) in [4.78, 5) is 13.6. The van der Waals surface area contributed by atoms with Crippen LogP contribution in [0, 0.1) is 0 Å². The second-order valence-corrected chi connectivity index (χ2v) is 5.44. The summed E-state index contributed by atoms with van der Waals surface area (Å²) in [5.74, 6) is 0. The SMILES string of the molecule is C=C/C=C(\C(=C)Br)N1C(=O)OC[C@H]1Cc1ccccc1. The molecule has 20 heavy (non-hydrogen) atoms. The Morgan fingerprint density at radius 2 is 2.15 bits per heavy atom. The molecule has 1 heterocycles. The van der Waals surface area contributed by atoms with Gasteiger partial charge in [0.2, 0.25) is 0 Å². The van der Waals surface area contributed by atoms with Gasteiger partial charge in [-0.25, -0.2) is 4.79 Å². The number of nitrogens with zero attached hydrogens (tertiary/aromatic N) is 1. The molecular weight excluding hydrogens is 318 g/mol. The molecule has 1 aliphatic rings. The van der Waals surface area contributed by atoms with Crippen molar-refractivity contribution in [2.24, 2.45) is 0 Å². The molecule has 1 aromatic rings. The number of hydrogen-bond acceptors (Lipinski definition) is 2. The molecule has 0 spiro atoms. The van der Waals surface area contributed by atoms with Crippen molar-refractivity contribution in [1.82, 2.24) is 4.90 Å². The predicted molar refractivity (Wildman–Crippen MR) is 83.5 cm³/mol. The van der Waals surface area contributed by atoms with Crippen molar-refractivity contribution in [3.05, 3.63) is 71.4 Å². The van der Waals surface area contributed by atoms with Crippen molar-refractivity contribution in [2.45, 2.75) is 12.5 Å². The molecule has 0 radical (unpaired) electrons. The highest BCUT2D eigenvalue weighted by atomic mass is 79.9. The van der Waals surface area contributed by atoms with E-state index in [1.54, 1.807) is 17.1 Å². The Kier molecular flexibility index (Phi) is 4.79. The lowest BCUT2D eigenvalue weighted by atomic mass is 10.1. The summed E-state index contributed by atoms with van der Waals surface area (Å²) in [5.41, 5.74) is 1.85. The third kappa shape index (κ3) is 3.20. The zero-order chi connectivity index (χ0) is 14.5. The van der Waals surface area contributed by atoms with E-state index in [0.29, 0.717) is 16.8 Å². The van der Waals surface area contributed by atoms with Gasteiger partial charge < -0.3 is 4.74 Å². The largest absolute Gasteiger partial charge is 0.447 e. The topological polar surface area (TPSA) is 29.5 Å². The third-order valence-electron chi connectivity index (χ3n) is 3.09. The van der Waals surface area contributed by atoms with Gasteiger partial charge in [0.15, 0.2) is 0 Å². The smallest absolute Gasteiger partial charge is 0.414 e. The fourth-order valence-corrected chi connectivity index (χ4v) is 2.53. The molecule has 0 bridgehead atoms. The zero-order valence-corrected chi connectivity index (χ0v) is 12.7. The number of allylic oxidation sites excluding steroid dienone is 3. The minimum absolute atomic E-state index is 0.0367. The van der Waals surface area contributed by atoms with Gasteiger partial charge in [0.1, 0.15) is 6.61 Å². The highest BCUT2D eigenvalue weighted by molar-refractivity contribution is 9.11. The molecule has 0 aliphatic carbocycles. The second-order valence-electron chi connectivity index (χ2n) is 4.48. The van der Waals surface area contributed by atoms with Gasteiger partial charge in [-0.05, 0) is 34.0 Å². The summed E-state index contributed by atoms with van der Waals surface area (Å²) in [7, 11) is 0. The first-order valence-corrected chi connectivity index (χ1v) is 7.10. The van der Waals surface area contributed by atoms with Crippen LogP contribution in [0.4, 0.5) is 4.79 Å². The standard InChI is InChI=1S/C16H16BrNO2/c1-3-7-15(12(2)17)18-14(11-20-16(18)19)10-13-8-5-4-6-9-13/h3-9,14H,1-2,10-11H2/b15-7+/t14-/m1/s1. The van der Waals surface area contributed by atoms with Crippen LogP contribution in [0.3, 0.4) is 0 Å². The van der Waals surface area contributed by atoms with Gasteiger partial charge in [0, 0.05) is 4.48 Å². The fraction of sp³-hybridized carbons (Fsp3) is 0.188. The van der Waals surface area contributed by atoms with E-state index < -0.39 is 0 Å². The lowest BCUT2D eigenvalue weighted by molar-refractivity contribution is 0.165. The summed E-state index contributed by atoms with van der Waals surface area (Å²) in [5, 5.41) is 0. The molecule has 104 valence electrons. The van der Waals surface area contributed by atoms with Crippen molar-refractivity contribution in [1.29, 1.82) is 0 Å². The molecule has 2 rings (SSSR count). The highest BCUT2D eigenvalue weighted by Crippen LogP contribution is 2.28. The van der Waals surface area contributed by atoms with Gasteiger partial charge in [0.05, 0.1) is 11.7 Å². The van der Waals surface area contributed by atoms with E-state index in [-0.39, 0.29) is 12.1 Å². The molecule has 1 fully saturated rings. The molecule has 1 atom stereocenters. The summed E-state index contributed by atoms with van der Waals surface area (Å²) in [6, 6.07) is 10.00. The molecule has 1 aliphatic heterocycles. The zero-order valence-electron chi connectivity index (χ0n) is 11.1. The molecular formula is C16H16BrNO2. The maximum atomic E-state index is 12.0. The molecule has 0 saturated carbocycles. The molecule has 3 nitrogen and oxygen atoms in total. The third-order valence-corrected chi connectivity index (χ3v) is 3.49. The Morgan fingerprint density at radius 1 is 1.45 bits per heavy atom. The van der Waals surface area contributed by atoms with Gasteiger partial charge in [-0.1, -0.05) is 49.6 Å². The van der Waals surface area contributed by atoms with Gasteiger partial charge in [0.25, 0.3) is 0 Å². The van der Waals surface area contributed by atoms with Crippen LogP contribution in [-0.4, -0.2) is 23.6 Å². The first-order valence-electron chi connectivity index (χ1n) is 6.31. The van der Waals surface area contributed by atoms with Crippen molar-refractivity contribution in [3.63, 3.8) is 0 Å². The Bertz CT molecular complexity index is 551. The first kappa shape index (κ1) is 14.6. The van der Waals surface area contributed by atoms with E-state index >= 15 is 0 Å². The molecule has 1 amide bonds. The number of benzene rings is 1. The lowest BCUT2D eigenvalue weighted by Crippen LogP contribution is -2.34. The van der Waals surface area contributed by atoms with Crippen LogP contribution < -0.4 is 0 Å². The molecule has 1 aromatic carbocycles. The Balaban J connectivity index is 2.24. The predicted octanol–water partition coefficient (Wildman–Crippen LogP) is 4.03. The minimum Gasteiger partial charge on any atom is -0.447 e. The Hall–Kier alpha value is -1.81. The van der Waals surface area contributed by atoms with Crippen LogP contribution in [0.25, 0.3) is 0 Å². The van der Waals surface area contributed by atoms with Crippen LogP contribution in [0.5, 0.6) is 0 Å². The van der Waals surface area contributed by atoms with Gasteiger partial charge >= 0.3 is 6.09 Å². The number of ether oxygens (including phenoxy) is 1. The van der Waals surface area contributed by atoms with Crippen LogP contribution in [0.2, 0.25) is 0 Å². The average molecular weight is 334 g/mol. The summed E-state index contributed by atoms with van der Waals surface area (Å²) >= 11 is 3.33.